The lowest BCUT2D eigenvalue weighted by molar-refractivity contribution is 0.0124. The second-order valence-electron chi connectivity index (χ2n) is 11.4. The fourth-order valence-electron chi connectivity index (χ4n) is 4.30. The van der Waals surface area contributed by atoms with Gasteiger partial charge in [-0.25, -0.2) is 29.1 Å². The van der Waals surface area contributed by atoms with Crippen molar-refractivity contribution in [2.24, 2.45) is 4.99 Å². The number of anilines is 1. The largest absolute Gasteiger partial charge is 0.444 e. The molecule has 41 heavy (non-hydrogen) atoms. The first-order valence-electron chi connectivity index (χ1n) is 13.5. The van der Waals surface area contributed by atoms with Crippen LogP contribution in [0.3, 0.4) is 0 Å². The number of hydrogen-bond donors (Lipinski definition) is 1. The predicted molar refractivity (Wildman–Crippen MR) is 160 cm³/mol. The molecule has 0 bridgehead atoms. The average molecular weight is 584 g/mol. The van der Waals surface area contributed by atoms with Gasteiger partial charge < -0.3 is 24.6 Å². The van der Waals surface area contributed by atoms with Crippen LogP contribution in [0.1, 0.15) is 43.3 Å². The molecule has 1 saturated heterocycles. The molecule has 1 N–H and O–H groups in total. The van der Waals surface area contributed by atoms with Crippen molar-refractivity contribution in [2.45, 2.75) is 65.8 Å². The van der Waals surface area contributed by atoms with Crippen LogP contribution in [0.5, 0.6) is 11.6 Å². The number of hydrogen-bond acceptors (Lipinski definition) is 9. The molecule has 220 valence electrons. The first-order valence-corrected chi connectivity index (χ1v) is 14.3. The van der Waals surface area contributed by atoms with E-state index in [0.717, 1.165) is 26.7 Å². The second kappa shape index (κ2) is 12.4. The molecule has 1 aliphatic rings. The maximum atomic E-state index is 14.6. The number of rotatable bonds is 7. The van der Waals surface area contributed by atoms with Crippen LogP contribution in [0.2, 0.25) is 0 Å². The van der Waals surface area contributed by atoms with E-state index in [4.69, 9.17) is 9.47 Å². The number of carbonyl (C=O) groups excluding carboxylic acids is 1. The number of alkyl halides is 1. The number of aromatic nitrogens is 3. The zero-order chi connectivity index (χ0) is 29.9. The summed E-state index contributed by atoms with van der Waals surface area (Å²) in [6.07, 6.45) is 1.91. The number of ether oxygens (including phenoxy) is 2. The average Bonchev–Trinajstić information content (AvgIpc) is 3.24. The number of piperidine rings is 1. The SMILES string of the molecule is Cc1nc(Oc2cc(C)c(N=CN(C)C)cc2C)c(-c2ccnc(N[C@H]3C[C@H](F)CN(C(=O)OC(C)(C)C)C3)n2)s1. The van der Waals surface area contributed by atoms with Crippen LogP contribution >= 0.6 is 11.3 Å². The Morgan fingerprint density at radius 1 is 1.20 bits per heavy atom. The Bertz CT molecular complexity index is 1420. The van der Waals surface area contributed by atoms with Crippen molar-refractivity contribution < 1.29 is 18.7 Å². The Morgan fingerprint density at radius 2 is 1.95 bits per heavy atom. The minimum atomic E-state index is -1.19. The molecule has 12 heteroatoms. The predicted octanol–water partition coefficient (Wildman–Crippen LogP) is 6.30. The van der Waals surface area contributed by atoms with E-state index in [1.165, 1.54) is 16.2 Å². The van der Waals surface area contributed by atoms with Crippen LogP contribution < -0.4 is 10.1 Å². The summed E-state index contributed by atoms with van der Waals surface area (Å²) in [5, 5.41) is 4.03. The van der Waals surface area contributed by atoms with Crippen molar-refractivity contribution >= 4 is 35.4 Å². The van der Waals surface area contributed by atoms with Crippen LogP contribution in [0.25, 0.3) is 10.6 Å². The summed E-state index contributed by atoms with van der Waals surface area (Å²) in [6.45, 7) is 11.5. The van der Waals surface area contributed by atoms with E-state index in [2.05, 4.69) is 25.3 Å². The number of aryl methyl sites for hydroxylation is 3. The lowest BCUT2D eigenvalue weighted by atomic mass is 10.0. The zero-order valence-electron chi connectivity index (χ0n) is 24.9. The van der Waals surface area contributed by atoms with Gasteiger partial charge in [0.15, 0.2) is 0 Å². The third-order valence-corrected chi connectivity index (χ3v) is 7.08. The third kappa shape index (κ3) is 8.12. The smallest absolute Gasteiger partial charge is 0.410 e. The Labute approximate surface area is 244 Å². The second-order valence-corrected chi connectivity index (χ2v) is 12.6. The number of carbonyl (C=O) groups is 1. The number of likely N-dealkylation sites (tertiary alicyclic amines) is 1. The fraction of sp³-hybridized carbons (Fsp3) is 0.483. The van der Waals surface area contributed by atoms with Gasteiger partial charge in [0, 0.05) is 39.3 Å². The number of nitrogens with one attached hydrogen (secondary N) is 1. The molecular weight excluding hydrogens is 545 g/mol. The molecule has 0 spiro atoms. The number of thiazole rings is 1. The highest BCUT2D eigenvalue weighted by molar-refractivity contribution is 7.15. The fourth-order valence-corrected chi connectivity index (χ4v) is 5.12. The van der Waals surface area contributed by atoms with E-state index in [-0.39, 0.29) is 25.6 Å². The van der Waals surface area contributed by atoms with Crippen LogP contribution in [-0.4, -0.2) is 82.2 Å². The Hall–Kier alpha value is -3.80. The molecule has 3 heterocycles. The number of nitrogens with zero attached hydrogens (tertiary/aromatic N) is 6. The number of aliphatic imine (C=N–C) groups is 1. The molecule has 4 rings (SSSR count). The molecule has 0 unspecified atom stereocenters. The summed E-state index contributed by atoms with van der Waals surface area (Å²) in [6, 6.07) is 5.35. The molecule has 1 amide bonds. The highest BCUT2D eigenvalue weighted by Gasteiger charge is 2.33. The van der Waals surface area contributed by atoms with Crippen LogP contribution in [0.15, 0.2) is 29.4 Å². The lowest BCUT2D eigenvalue weighted by Crippen LogP contribution is -2.51. The van der Waals surface area contributed by atoms with Crippen molar-refractivity contribution in [3.63, 3.8) is 0 Å². The van der Waals surface area contributed by atoms with Gasteiger partial charge in [-0.1, -0.05) is 0 Å². The van der Waals surface area contributed by atoms with Crippen molar-refractivity contribution in [3.8, 4) is 22.2 Å². The van der Waals surface area contributed by atoms with E-state index >= 15 is 0 Å². The molecule has 0 radical (unpaired) electrons. The highest BCUT2D eigenvalue weighted by Crippen LogP contribution is 2.39. The first kappa shape index (κ1) is 30.2. The molecule has 0 saturated carbocycles. The van der Waals surface area contributed by atoms with Gasteiger partial charge in [-0.2, -0.15) is 0 Å². The monoisotopic (exact) mass is 583 g/mol. The number of halogens is 1. The summed E-state index contributed by atoms with van der Waals surface area (Å²) in [5.74, 6) is 1.46. The van der Waals surface area contributed by atoms with Crippen LogP contribution in [-0.2, 0) is 4.74 Å². The van der Waals surface area contributed by atoms with Crippen molar-refractivity contribution in [2.75, 3.05) is 32.5 Å². The van der Waals surface area contributed by atoms with Gasteiger partial charge in [0.25, 0.3) is 0 Å². The quantitative estimate of drug-likeness (QED) is 0.255. The van der Waals surface area contributed by atoms with E-state index < -0.39 is 17.9 Å². The van der Waals surface area contributed by atoms with Crippen molar-refractivity contribution in [1.29, 1.82) is 0 Å². The van der Waals surface area contributed by atoms with E-state index in [1.54, 1.807) is 39.4 Å². The first-order chi connectivity index (χ1) is 19.3. The third-order valence-electron chi connectivity index (χ3n) is 6.10. The van der Waals surface area contributed by atoms with Gasteiger partial charge >= 0.3 is 6.09 Å². The van der Waals surface area contributed by atoms with Gasteiger partial charge in [-0.15, -0.1) is 11.3 Å². The molecular formula is C29H38FN7O3S. The van der Waals surface area contributed by atoms with E-state index in [0.29, 0.717) is 23.3 Å². The topological polar surface area (TPSA) is 105 Å². The van der Waals surface area contributed by atoms with Crippen LogP contribution in [0.4, 0.5) is 20.8 Å². The van der Waals surface area contributed by atoms with Gasteiger partial charge in [0.2, 0.25) is 11.8 Å². The zero-order valence-corrected chi connectivity index (χ0v) is 25.7. The number of benzene rings is 1. The summed E-state index contributed by atoms with van der Waals surface area (Å²) in [4.78, 5) is 34.8. The van der Waals surface area contributed by atoms with Crippen molar-refractivity contribution in [3.05, 3.63) is 40.5 Å². The normalized spacial score (nSPS) is 17.5. The molecule has 2 aromatic heterocycles. The molecule has 2 atom stereocenters. The summed E-state index contributed by atoms with van der Waals surface area (Å²) < 4.78 is 26.3. The minimum Gasteiger partial charge on any atom is -0.444 e. The molecule has 1 aromatic carbocycles. The summed E-state index contributed by atoms with van der Waals surface area (Å²) in [7, 11) is 3.85. The van der Waals surface area contributed by atoms with E-state index in [9.17, 15) is 9.18 Å². The number of amides is 1. The Morgan fingerprint density at radius 3 is 2.66 bits per heavy atom. The van der Waals surface area contributed by atoms with Gasteiger partial charge in [0.05, 0.1) is 29.3 Å². The molecule has 1 fully saturated rings. The van der Waals surface area contributed by atoms with E-state index in [1.807, 2.05) is 51.9 Å². The lowest BCUT2D eigenvalue weighted by Gasteiger charge is -2.36. The summed E-state index contributed by atoms with van der Waals surface area (Å²) in [5.41, 5.74) is 2.74. The van der Waals surface area contributed by atoms with Gasteiger partial charge in [-0.3, -0.25) is 0 Å². The maximum Gasteiger partial charge on any atom is 0.410 e. The summed E-state index contributed by atoms with van der Waals surface area (Å²) >= 11 is 1.46. The van der Waals surface area contributed by atoms with Gasteiger partial charge in [-0.05, 0) is 70.9 Å². The molecule has 1 aliphatic heterocycles. The van der Waals surface area contributed by atoms with Gasteiger partial charge in [0.1, 0.15) is 22.4 Å². The Kier molecular flexibility index (Phi) is 9.11. The Balaban J connectivity index is 1.53. The highest BCUT2D eigenvalue weighted by atomic mass is 32.1. The van der Waals surface area contributed by atoms with Crippen molar-refractivity contribution in [1.82, 2.24) is 24.8 Å². The minimum absolute atomic E-state index is 0.00327. The molecule has 10 nitrogen and oxygen atoms in total. The maximum absolute atomic E-state index is 14.6. The standard InChI is InChI=1S/C29H38FN7O3S/c1-17-12-24(18(2)11-23(17)32-16-36(7)8)39-26-25(41-19(3)33-26)22-9-10-31-27(35-22)34-21-13-20(30)14-37(15-21)28(38)40-29(4,5)6/h9-12,16,20-21H,13-15H2,1-8H3,(H,31,34,35)/t20-,21-/m0/s1. The molecule has 0 aliphatic carbocycles. The molecule has 3 aromatic rings. The van der Waals surface area contributed by atoms with Crippen LogP contribution in [0, 0.1) is 20.8 Å².